The Morgan fingerprint density at radius 1 is 1.10 bits per heavy atom. The Kier molecular flexibility index (Phi) is 4.11. The number of pyridine rings is 1. The van der Waals surface area contributed by atoms with Gasteiger partial charge in [-0.05, 0) is 23.3 Å². The minimum atomic E-state index is -4.57. The van der Waals surface area contributed by atoms with Gasteiger partial charge in [0.15, 0.2) is 11.6 Å². The highest BCUT2D eigenvalue weighted by molar-refractivity contribution is 5.74. The van der Waals surface area contributed by atoms with Crippen LogP contribution in [0.25, 0.3) is 11.1 Å². The third-order valence-corrected chi connectivity index (χ3v) is 2.70. The lowest BCUT2D eigenvalue weighted by Crippen LogP contribution is -2.10. The Balaban J connectivity index is 2.59. The molecule has 7 heteroatoms. The maximum atomic E-state index is 13.4. The van der Waals surface area contributed by atoms with E-state index in [4.69, 9.17) is 4.74 Å². The molecule has 0 unspecified atom stereocenters. The molecule has 0 amide bonds. The number of nitrogens with zero attached hydrogens (tertiary/aromatic N) is 1. The maximum Gasteiger partial charge on any atom is 0.396 e. The summed E-state index contributed by atoms with van der Waals surface area (Å²) in [7, 11) is 1.21. The van der Waals surface area contributed by atoms with E-state index in [1.165, 1.54) is 19.4 Å². The minimum Gasteiger partial charge on any atom is -0.496 e. The third-order valence-electron chi connectivity index (χ3n) is 2.70. The summed E-state index contributed by atoms with van der Waals surface area (Å²) >= 11 is 0. The maximum absolute atomic E-state index is 13.4. The van der Waals surface area contributed by atoms with Crippen LogP contribution in [0.3, 0.4) is 0 Å². The molecule has 0 aliphatic carbocycles. The van der Waals surface area contributed by atoms with Crippen molar-refractivity contribution in [3.05, 3.63) is 54.2 Å². The summed E-state index contributed by atoms with van der Waals surface area (Å²) in [4.78, 5) is 3.61. The molecule has 0 saturated heterocycles. The van der Waals surface area contributed by atoms with Gasteiger partial charge in [0.2, 0.25) is 0 Å². The van der Waals surface area contributed by atoms with E-state index in [9.17, 15) is 22.0 Å². The van der Waals surface area contributed by atoms with Crippen molar-refractivity contribution in [3.63, 3.8) is 0 Å². The van der Waals surface area contributed by atoms with Crippen LogP contribution >= 0.6 is 0 Å². The zero-order valence-electron chi connectivity index (χ0n) is 10.7. The smallest absolute Gasteiger partial charge is 0.396 e. The molecule has 0 bridgehead atoms. The van der Waals surface area contributed by atoms with Crippen molar-refractivity contribution >= 4 is 0 Å². The Morgan fingerprint density at radius 3 is 2.38 bits per heavy atom. The van der Waals surface area contributed by atoms with Crippen molar-refractivity contribution in [3.8, 4) is 16.9 Å². The molecule has 0 saturated carbocycles. The highest BCUT2D eigenvalue weighted by Gasteiger charge is 2.30. The number of halogens is 5. The Morgan fingerprint density at radius 2 is 1.76 bits per heavy atom. The summed E-state index contributed by atoms with van der Waals surface area (Å²) < 4.78 is 69.0. The van der Waals surface area contributed by atoms with Crippen LogP contribution in [0.1, 0.15) is 5.56 Å². The monoisotopic (exact) mass is 302 g/mol. The van der Waals surface area contributed by atoms with Crippen LogP contribution in [0.15, 0.2) is 30.6 Å². The Labute approximate surface area is 117 Å². The first-order chi connectivity index (χ1) is 9.81. The van der Waals surface area contributed by atoms with Gasteiger partial charge < -0.3 is 4.74 Å². The topological polar surface area (TPSA) is 22.1 Å². The first kappa shape index (κ1) is 15.2. The van der Waals surface area contributed by atoms with E-state index < -0.39 is 17.8 Å². The first-order valence-electron chi connectivity index (χ1n) is 5.72. The Bertz CT molecular complexity index is 654. The fourth-order valence-electron chi connectivity index (χ4n) is 1.85. The molecule has 1 heterocycles. The lowest BCUT2D eigenvalue weighted by molar-refractivity contribution is -0.0927. The molecule has 1 aromatic carbocycles. The standard InChI is InChI=1S/C14H9F5NO/c1-21-13-5-12(16)11(15)4-10(13)9-2-3-20-7-8(9)6-14(17,18)19/h2-7H,1H3. The first-order valence-corrected chi connectivity index (χ1v) is 5.72. The van der Waals surface area contributed by atoms with Crippen molar-refractivity contribution in [2.24, 2.45) is 0 Å². The number of benzene rings is 1. The van der Waals surface area contributed by atoms with E-state index in [0.29, 0.717) is 0 Å². The molecule has 0 aliphatic rings. The molecule has 0 fully saturated rings. The fraction of sp³-hybridized carbons (Fsp3) is 0.143. The van der Waals surface area contributed by atoms with Crippen molar-refractivity contribution in [2.45, 2.75) is 6.18 Å². The molecular weight excluding hydrogens is 293 g/mol. The largest absolute Gasteiger partial charge is 0.496 e. The van der Waals surface area contributed by atoms with E-state index in [0.717, 1.165) is 18.3 Å². The molecular formula is C14H9F5NO. The molecule has 2 aromatic rings. The van der Waals surface area contributed by atoms with Crippen LogP contribution in [0.4, 0.5) is 22.0 Å². The highest BCUT2D eigenvalue weighted by Crippen LogP contribution is 2.36. The molecule has 1 radical (unpaired) electrons. The van der Waals surface area contributed by atoms with Crippen LogP contribution in [0.5, 0.6) is 5.75 Å². The van der Waals surface area contributed by atoms with Gasteiger partial charge >= 0.3 is 6.18 Å². The average Bonchev–Trinajstić information content (AvgIpc) is 2.40. The van der Waals surface area contributed by atoms with Crippen molar-refractivity contribution < 1.29 is 26.7 Å². The number of aromatic nitrogens is 1. The number of ether oxygens (including phenoxy) is 1. The third kappa shape index (κ3) is 3.48. The van der Waals surface area contributed by atoms with Gasteiger partial charge in [0.05, 0.1) is 13.5 Å². The van der Waals surface area contributed by atoms with Gasteiger partial charge in [-0.1, -0.05) is 0 Å². The van der Waals surface area contributed by atoms with Gasteiger partial charge in [0.25, 0.3) is 0 Å². The second kappa shape index (κ2) is 5.67. The number of rotatable bonds is 3. The van der Waals surface area contributed by atoms with E-state index in [-0.39, 0.29) is 28.9 Å². The van der Waals surface area contributed by atoms with E-state index >= 15 is 0 Å². The predicted molar refractivity (Wildman–Crippen MR) is 65.6 cm³/mol. The second-order valence-corrected chi connectivity index (χ2v) is 4.12. The van der Waals surface area contributed by atoms with Crippen LogP contribution in [-0.2, 0) is 0 Å². The van der Waals surface area contributed by atoms with Crippen LogP contribution < -0.4 is 4.74 Å². The molecule has 21 heavy (non-hydrogen) atoms. The van der Waals surface area contributed by atoms with E-state index in [1.54, 1.807) is 0 Å². The fourth-order valence-corrected chi connectivity index (χ4v) is 1.85. The Hall–Kier alpha value is -2.18. The molecule has 2 nitrogen and oxygen atoms in total. The predicted octanol–water partition coefficient (Wildman–Crippen LogP) is 4.15. The molecule has 0 spiro atoms. The number of hydrogen-bond donors (Lipinski definition) is 0. The van der Waals surface area contributed by atoms with E-state index in [2.05, 4.69) is 4.98 Å². The molecule has 0 aliphatic heterocycles. The minimum absolute atomic E-state index is 0.00861. The van der Waals surface area contributed by atoms with E-state index in [1.807, 2.05) is 0 Å². The zero-order valence-corrected chi connectivity index (χ0v) is 10.7. The molecule has 111 valence electrons. The number of methoxy groups -OCH3 is 1. The average molecular weight is 302 g/mol. The summed E-state index contributed by atoms with van der Waals surface area (Å²) in [5.41, 5.74) is -0.221. The highest BCUT2D eigenvalue weighted by atomic mass is 19.4. The number of alkyl halides is 3. The van der Waals surface area contributed by atoms with Gasteiger partial charge in [-0.15, -0.1) is 0 Å². The lowest BCUT2D eigenvalue weighted by atomic mass is 9.98. The summed E-state index contributed by atoms with van der Waals surface area (Å²) in [6, 6.07) is 2.84. The summed E-state index contributed by atoms with van der Waals surface area (Å²) in [6.45, 7) is 0. The molecule has 1 aromatic heterocycles. The van der Waals surface area contributed by atoms with Gasteiger partial charge in [0.1, 0.15) is 5.75 Å². The van der Waals surface area contributed by atoms with Crippen molar-refractivity contribution in [2.75, 3.05) is 7.11 Å². The quantitative estimate of drug-likeness (QED) is 0.795. The SMILES string of the molecule is COc1cc(F)c(F)cc1-c1ccncc1[CH]C(F)(F)F. The van der Waals surface area contributed by atoms with Crippen molar-refractivity contribution in [1.29, 1.82) is 0 Å². The summed E-state index contributed by atoms with van der Waals surface area (Å²) in [6.07, 6.45) is -2.28. The molecule has 2 rings (SSSR count). The van der Waals surface area contributed by atoms with Crippen molar-refractivity contribution in [1.82, 2.24) is 4.98 Å². The van der Waals surface area contributed by atoms with Gasteiger partial charge in [-0.25, -0.2) is 8.78 Å². The molecule has 0 atom stereocenters. The summed E-state index contributed by atoms with van der Waals surface area (Å²) in [5.74, 6) is -2.40. The lowest BCUT2D eigenvalue weighted by Gasteiger charge is -2.14. The molecule has 0 N–H and O–H groups in total. The zero-order chi connectivity index (χ0) is 15.6. The van der Waals surface area contributed by atoms with Gasteiger partial charge in [0, 0.05) is 24.0 Å². The van der Waals surface area contributed by atoms with Crippen LogP contribution in [0, 0.1) is 18.1 Å². The van der Waals surface area contributed by atoms with Gasteiger partial charge in [-0.2, -0.15) is 13.2 Å². The van der Waals surface area contributed by atoms with Crippen LogP contribution in [0.2, 0.25) is 0 Å². The normalized spacial score (nSPS) is 11.5. The second-order valence-electron chi connectivity index (χ2n) is 4.12. The van der Waals surface area contributed by atoms with Crippen LogP contribution in [-0.4, -0.2) is 18.3 Å². The summed E-state index contributed by atoms with van der Waals surface area (Å²) in [5, 5.41) is 0. The van der Waals surface area contributed by atoms with Gasteiger partial charge in [-0.3, -0.25) is 4.98 Å². The number of hydrogen-bond acceptors (Lipinski definition) is 2.